The van der Waals surface area contributed by atoms with Gasteiger partial charge in [0.2, 0.25) is 11.8 Å². The van der Waals surface area contributed by atoms with Gasteiger partial charge in [0.1, 0.15) is 11.8 Å². The minimum absolute atomic E-state index is 0.0548. The van der Waals surface area contributed by atoms with E-state index in [9.17, 15) is 9.59 Å². The number of rotatable bonds is 7. The van der Waals surface area contributed by atoms with Crippen LogP contribution in [-0.2, 0) is 15.0 Å². The molecule has 0 aliphatic heterocycles. The fourth-order valence-electron chi connectivity index (χ4n) is 4.91. The van der Waals surface area contributed by atoms with E-state index in [-0.39, 0.29) is 17.2 Å². The van der Waals surface area contributed by atoms with E-state index in [1.807, 2.05) is 94.4 Å². The quantitative estimate of drug-likeness (QED) is 0.261. The number of hydrogen-bond donors (Lipinski definition) is 1. The summed E-state index contributed by atoms with van der Waals surface area (Å²) in [6.07, 6.45) is 3.32. The van der Waals surface area contributed by atoms with Crippen LogP contribution in [0.1, 0.15) is 77.1 Å². The van der Waals surface area contributed by atoms with Gasteiger partial charge in [-0.05, 0) is 85.3 Å². The van der Waals surface area contributed by atoms with Crippen molar-refractivity contribution in [2.45, 2.75) is 71.4 Å². The number of pyridine rings is 1. The van der Waals surface area contributed by atoms with E-state index in [4.69, 9.17) is 4.74 Å². The largest absolute Gasteiger partial charge is 0.497 e. The second-order valence-electron chi connectivity index (χ2n) is 12.6. The molecule has 0 fully saturated rings. The standard InChI is InChI=1S/C35H41N3O3/c1-23(24-11-12-26-21-30(41-8)18-13-25(26)20-24)33(40)38(29-16-14-28(15-17-29)34(2,3)4)31(27-10-9-19-36-22-27)32(39)37-35(5,6)7/h9-23,31H,1-8H3,(H,37,39). The van der Waals surface area contributed by atoms with Crippen LogP contribution in [0.2, 0.25) is 0 Å². The average Bonchev–Trinajstić information content (AvgIpc) is 2.93. The molecule has 2 atom stereocenters. The van der Waals surface area contributed by atoms with Gasteiger partial charge in [-0.15, -0.1) is 0 Å². The van der Waals surface area contributed by atoms with Crippen LogP contribution in [0, 0.1) is 0 Å². The topological polar surface area (TPSA) is 71.5 Å². The number of hydrogen-bond acceptors (Lipinski definition) is 4. The molecular formula is C35H41N3O3. The summed E-state index contributed by atoms with van der Waals surface area (Å²) in [5.41, 5.74) is 2.75. The Hall–Kier alpha value is -4.19. The molecule has 0 aliphatic rings. The van der Waals surface area contributed by atoms with Crippen LogP contribution >= 0.6 is 0 Å². The van der Waals surface area contributed by atoms with Gasteiger partial charge in [0, 0.05) is 29.2 Å². The zero-order chi connectivity index (χ0) is 29.9. The van der Waals surface area contributed by atoms with E-state index in [0.29, 0.717) is 11.3 Å². The number of fused-ring (bicyclic) bond motifs is 1. The molecule has 6 heteroatoms. The lowest BCUT2D eigenvalue weighted by molar-refractivity contribution is -0.128. The Labute approximate surface area is 243 Å². The van der Waals surface area contributed by atoms with E-state index >= 15 is 0 Å². The molecule has 3 aromatic carbocycles. The SMILES string of the molecule is COc1ccc2cc(C(C)C(=O)N(c3ccc(C(C)(C)C)cc3)C(C(=O)NC(C)(C)C)c3cccnc3)ccc2c1. The third-order valence-electron chi connectivity index (χ3n) is 7.20. The lowest BCUT2D eigenvalue weighted by Crippen LogP contribution is -2.50. The summed E-state index contributed by atoms with van der Waals surface area (Å²) in [6.45, 7) is 14.1. The summed E-state index contributed by atoms with van der Waals surface area (Å²) in [6, 6.07) is 22.6. The highest BCUT2D eigenvalue weighted by Gasteiger charge is 2.37. The lowest BCUT2D eigenvalue weighted by Gasteiger charge is -2.35. The second kappa shape index (κ2) is 11.7. The Morgan fingerprint density at radius 2 is 1.51 bits per heavy atom. The first-order valence-electron chi connectivity index (χ1n) is 14.0. The van der Waals surface area contributed by atoms with Crippen molar-refractivity contribution in [3.63, 3.8) is 0 Å². The molecule has 6 nitrogen and oxygen atoms in total. The Kier molecular flexibility index (Phi) is 8.52. The molecule has 214 valence electrons. The number of ether oxygens (including phenoxy) is 1. The van der Waals surface area contributed by atoms with Gasteiger partial charge in [-0.2, -0.15) is 0 Å². The van der Waals surface area contributed by atoms with Crippen molar-refractivity contribution in [1.29, 1.82) is 0 Å². The molecule has 0 saturated heterocycles. The smallest absolute Gasteiger partial charge is 0.248 e. The van der Waals surface area contributed by atoms with Gasteiger partial charge < -0.3 is 10.1 Å². The molecule has 0 bridgehead atoms. The highest BCUT2D eigenvalue weighted by Crippen LogP contribution is 2.35. The van der Waals surface area contributed by atoms with E-state index < -0.39 is 17.5 Å². The number of carbonyl (C=O) groups is 2. The molecule has 4 aromatic rings. The number of aromatic nitrogens is 1. The minimum Gasteiger partial charge on any atom is -0.497 e. The van der Waals surface area contributed by atoms with E-state index in [1.165, 1.54) is 0 Å². The van der Waals surface area contributed by atoms with E-state index in [1.54, 1.807) is 30.5 Å². The Bertz CT molecular complexity index is 1520. The predicted octanol–water partition coefficient (Wildman–Crippen LogP) is 7.33. The first-order valence-corrected chi connectivity index (χ1v) is 14.0. The molecule has 1 aromatic heterocycles. The van der Waals surface area contributed by atoms with Gasteiger partial charge in [-0.3, -0.25) is 19.5 Å². The van der Waals surface area contributed by atoms with Crippen LogP contribution in [0.5, 0.6) is 5.75 Å². The van der Waals surface area contributed by atoms with Crippen molar-refractivity contribution < 1.29 is 14.3 Å². The van der Waals surface area contributed by atoms with Gasteiger partial charge in [-0.1, -0.05) is 63.2 Å². The van der Waals surface area contributed by atoms with Gasteiger partial charge in [0.15, 0.2) is 0 Å². The molecule has 0 spiro atoms. The van der Waals surface area contributed by atoms with E-state index in [0.717, 1.165) is 27.6 Å². The van der Waals surface area contributed by atoms with Gasteiger partial charge >= 0.3 is 0 Å². The third kappa shape index (κ3) is 6.94. The van der Waals surface area contributed by atoms with Crippen molar-refractivity contribution in [1.82, 2.24) is 10.3 Å². The zero-order valence-corrected chi connectivity index (χ0v) is 25.4. The number of carbonyl (C=O) groups excluding carboxylic acids is 2. The summed E-state index contributed by atoms with van der Waals surface area (Å²) in [5, 5.41) is 5.14. The van der Waals surface area contributed by atoms with Gasteiger partial charge in [-0.25, -0.2) is 0 Å². The first kappa shape index (κ1) is 29.8. The van der Waals surface area contributed by atoms with Crippen LogP contribution in [-0.4, -0.2) is 29.4 Å². The zero-order valence-electron chi connectivity index (χ0n) is 25.4. The van der Waals surface area contributed by atoms with E-state index in [2.05, 4.69) is 31.1 Å². The van der Waals surface area contributed by atoms with Gasteiger partial charge in [0.05, 0.1) is 13.0 Å². The number of anilines is 1. The molecule has 1 N–H and O–H groups in total. The maximum Gasteiger partial charge on any atom is 0.248 e. The second-order valence-corrected chi connectivity index (χ2v) is 12.6. The molecule has 2 amide bonds. The maximum absolute atomic E-state index is 14.6. The van der Waals surface area contributed by atoms with Crippen molar-refractivity contribution in [3.05, 3.63) is 102 Å². The number of methoxy groups -OCH3 is 1. The summed E-state index contributed by atoms with van der Waals surface area (Å²) in [4.78, 5) is 34.4. The average molecular weight is 552 g/mol. The van der Waals surface area contributed by atoms with Crippen molar-refractivity contribution in [3.8, 4) is 5.75 Å². The number of nitrogens with zero attached hydrogens (tertiary/aromatic N) is 2. The molecule has 1 heterocycles. The Balaban J connectivity index is 1.84. The minimum atomic E-state index is -0.914. The highest BCUT2D eigenvalue weighted by atomic mass is 16.5. The number of amides is 2. The molecule has 0 radical (unpaired) electrons. The Morgan fingerprint density at radius 3 is 2.10 bits per heavy atom. The Morgan fingerprint density at radius 1 is 0.854 bits per heavy atom. The number of benzene rings is 3. The molecule has 2 unspecified atom stereocenters. The molecule has 0 aliphatic carbocycles. The van der Waals surface area contributed by atoms with Crippen LogP contribution in [0.15, 0.2) is 85.2 Å². The molecule has 4 rings (SSSR count). The summed E-state index contributed by atoms with van der Waals surface area (Å²) >= 11 is 0. The monoisotopic (exact) mass is 551 g/mol. The van der Waals surface area contributed by atoms with Crippen molar-refractivity contribution in [2.75, 3.05) is 12.0 Å². The van der Waals surface area contributed by atoms with Gasteiger partial charge in [0.25, 0.3) is 0 Å². The molecular weight excluding hydrogens is 510 g/mol. The highest BCUT2D eigenvalue weighted by molar-refractivity contribution is 6.04. The maximum atomic E-state index is 14.6. The lowest BCUT2D eigenvalue weighted by atomic mass is 9.87. The van der Waals surface area contributed by atoms with Crippen molar-refractivity contribution >= 4 is 28.3 Å². The molecule has 0 saturated carbocycles. The third-order valence-corrected chi connectivity index (χ3v) is 7.20. The van der Waals surface area contributed by atoms with Crippen LogP contribution < -0.4 is 15.0 Å². The summed E-state index contributed by atoms with van der Waals surface area (Å²) in [7, 11) is 1.65. The fourth-order valence-corrected chi connectivity index (χ4v) is 4.91. The van der Waals surface area contributed by atoms with Crippen LogP contribution in [0.3, 0.4) is 0 Å². The first-order chi connectivity index (χ1) is 19.3. The van der Waals surface area contributed by atoms with Crippen LogP contribution in [0.4, 0.5) is 5.69 Å². The fraction of sp³-hybridized carbons (Fsp3) is 0.343. The normalized spacial score (nSPS) is 13.4. The predicted molar refractivity (Wildman–Crippen MR) is 166 cm³/mol. The van der Waals surface area contributed by atoms with Crippen LogP contribution in [0.25, 0.3) is 10.8 Å². The number of nitrogens with one attached hydrogen (secondary N) is 1. The molecule has 41 heavy (non-hydrogen) atoms. The summed E-state index contributed by atoms with van der Waals surface area (Å²) < 4.78 is 5.37. The van der Waals surface area contributed by atoms with Crippen molar-refractivity contribution in [2.24, 2.45) is 0 Å². The summed E-state index contributed by atoms with van der Waals surface area (Å²) in [5.74, 6) is -0.190.